The first kappa shape index (κ1) is 19.6. The fourth-order valence-electron chi connectivity index (χ4n) is 3.01. The predicted octanol–water partition coefficient (Wildman–Crippen LogP) is 3.32. The number of piperidine rings is 1. The summed E-state index contributed by atoms with van der Waals surface area (Å²) in [7, 11) is 5.38. The molecule has 1 aliphatic heterocycles. The van der Waals surface area contributed by atoms with E-state index in [9.17, 15) is 0 Å². The first-order valence-corrected chi connectivity index (χ1v) is 8.24. The van der Waals surface area contributed by atoms with Crippen molar-refractivity contribution < 1.29 is 9.47 Å². The molecular weight excluding hydrogens is 368 g/mol. The van der Waals surface area contributed by atoms with Crippen LogP contribution in [0.25, 0.3) is 0 Å². The number of nitrogens with zero attached hydrogens (tertiary/aromatic N) is 1. The van der Waals surface area contributed by atoms with E-state index < -0.39 is 0 Å². The lowest BCUT2D eigenvalue weighted by Gasteiger charge is -2.33. The Hall–Kier alpha value is -0.490. The van der Waals surface area contributed by atoms with Gasteiger partial charge in [0.05, 0.1) is 14.2 Å². The van der Waals surface area contributed by atoms with Crippen LogP contribution in [0.15, 0.2) is 16.6 Å². The second-order valence-corrected chi connectivity index (χ2v) is 6.45. The maximum absolute atomic E-state index is 5.41. The highest BCUT2D eigenvalue weighted by Gasteiger charge is 2.20. The highest BCUT2D eigenvalue weighted by Crippen LogP contribution is 2.34. The van der Waals surface area contributed by atoms with Crippen molar-refractivity contribution in [3.05, 3.63) is 22.2 Å². The van der Waals surface area contributed by atoms with Gasteiger partial charge in [0.2, 0.25) is 0 Å². The van der Waals surface area contributed by atoms with Gasteiger partial charge in [-0.2, -0.15) is 0 Å². The fourth-order valence-corrected chi connectivity index (χ4v) is 3.46. The number of ether oxygens (including phenoxy) is 2. The monoisotopic (exact) mass is 392 g/mol. The lowest BCUT2D eigenvalue weighted by Crippen LogP contribution is -2.38. The van der Waals surface area contributed by atoms with Gasteiger partial charge in [0.1, 0.15) is 0 Å². The molecular formula is C16H26BrClN2O2. The van der Waals surface area contributed by atoms with Crippen LogP contribution in [0, 0.1) is 5.92 Å². The van der Waals surface area contributed by atoms with Crippen LogP contribution in [-0.4, -0.2) is 45.8 Å². The SMILES string of the molecule is CNCC1CCCN(Cc2cc(OC)c(OC)cc2Br)C1.Cl. The summed E-state index contributed by atoms with van der Waals surface area (Å²) in [6, 6.07) is 4.06. The molecule has 1 fully saturated rings. The second kappa shape index (κ2) is 9.60. The zero-order valence-electron chi connectivity index (χ0n) is 13.5. The van der Waals surface area contributed by atoms with Gasteiger partial charge in [-0.15, -0.1) is 12.4 Å². The molecule has 0 saturated carbocycles. The molecule has 0 spiro atoms. The fraction of sp³-hybridized carbons (Fsp3) is 0.625. The molecule has 1 aromatic rings. The molecule has 1 heterocycles. The van der Waals surface area contributed by atoms with Gasteiger partial charge in [-0.3, -0.25) is 4.90 Å². The molecule has 1 saturated heterocycles. The lowest BCUT2D eigenvalue weighted by molar-refractivity contribution is 0.166. The van der Waals surface area contributed by atoms with E-state index in [2.05, 4.69) is 32.2 Å². The smallest absolute Gasteiger partial charge is 0.161 e. The van der Waals surface area contributed by atoms with Gasteiger partial charge < -0.3 is 14.8 Å². The van der Waals surface area contributed by atoms with Crippen LogP contribution in [-0.2, 0) is 6.54 Å². The minimum Gasteiger partial charge on any atom is -0.493 e. The molecule has 1 N–H and O–H groups in total. The van der Waals surface area contributed by atoms with Gasteiger partial charge in [-0.05, 0) is 56.6 Å². The van der Waals surface area contributed by atoms with E-state index in [0.29, 0.717) is 0 Å². The number of methoxy groups -OCH3 is 2. The molecule has 0 radical (unpaired) electrons. The number of nitrogens with one attached hydrogen (secondary N) is 1. The number of hydrogen-bond acceptors (Lipinski definition) is 4. The minimum atomic E-state index is 0. The van der Waals surface area contributed by atoms with Crippen molar-refractivity contribution in [3.8, 4) is 11.5 Å². The summed E-state index contributed by atoms with van der Waals surface area (Å²) < 4.78 is 11.8. The molecule has 1 aromatic carbocycles. The Morgan fingerprint density at radius 1 is 1.27 bits per heavy atom. The molecule has 1 unspecified atom stereocenters. The molecule has 1 aliphatic rings. The Bertz CT molecular complexity index is 472. The van der Waals surface area contributed by atoms with Gasteiger partial charge in [-0.25, -0.2) is 0 Å². The lowest BCUT2D eigenvalue weighted by atomic mass is 9.97. The molecule has 4 nitrogen and oxygen atoms in total. The van der Waals surface area contributed by atoms with E-state index in [1.165, 1.54) is 24.9 Å². The maximum atomic E-state index is 5.41. The average molecular weight is 394 g/mol. The Kier molecular flexibility index (Phi) is 8.54. The quantitative estimate of drug-likeness (QED) is 0.804. The summed E-state index contributed by atoms with van der Waals surface area (Å²) in [4.78, 5) is 2.53. The van der Waals surface area contributed by atoms with E-state index in [1.807, 2.05) is 13.1 Å². The third-order valence-corrected chi connectivity index (χ3v) is 4.78. The molecule has 2 rings (SSSR count). The van der Waals surface area contributed by atoms with E-state index in [0.717, 1.165) is 41.5 Å². The zero-order valence-corrected chi connectivity index (χ0v) is 15.9. The summed E-state index contributed by atoms with van der Waals surface area (Å²) >= 11 is 3.65. The van der Waals surface area contributed by atoms with Crippen LogP contribution in [0.1, 0.15) is 18.4 Å². The first-order valence-electron chi connectivity index (χ1n) is 7.45. The van der Waals surface area contributed by atoms with Crippen LogP contribution >= 0.6 is 28.3 Å². The first-order chi connectivity index (χ1) is 10.2. The van der Waals surface area contributed by atoms with Crippen molar-refractivity contribution in [2.24, 2.45) is 5.92 Å². The second-order valence-electron chi connectivity index (χ2n) is 5.60. The zero-order chi connectivity index (χ0) is 15.2. The summed E-state index contributed by atoms with van der Waals surface area (Å²) in [6.07, 6.45) is 2.60. The van der Waals surface area contributed by atoms with Crippen molar-refractivity contribution in [2.75, 3.05) is 40.9 Å². The normalized spacial score (nSPS) is 18.6. The van der Waals surface area contributed by atoms with Crippen molar-refractivity contribution >= 4 is 28.3 Å². The Morgan fingerprint density at radius 3 is 2.59 bits per heavy atom. The number of rotatable bonds is 6. The molecule has 0 bridgehead atoms. The third kappa shape index (κ3) is 5.01. The Labute approximate surface area is 148 Å². The van der Waals surface area contributed by atoms with Crippen LogP contribution in [0.5, 0.6) is 11.5 Å². The molecule has 22 heavy (non-hydrogen) atoms. The van der Waals surface area contributed by atoms with E-state index >= 15 is 0 Å². The van der Waals surface area contributed by atoms with Crippen LogP contribution < -0.4 is 14.8 Å². The van der Waals surface area contributed by atoms with Gasteiger partial charge in [-0.1, -0.05) is 15.9 Å². The highest BCUT2D eigenvalue weighted by molar-refractivity contribution is 9.10. The van der Waals surface area contributed by atoms with Gasteiger partial charge in [0.25, 0.3) is 0 Å². The molecule has 0 aromatic heterocycles. The van der Waals surface area contributed by atoms with Crippen LogP contribution in [0.2, 0.25) is 0 Å². The number of hydrogen-bond donors (Lipinski definition) is 1. The number of benzene rings is 1. The summed E-state index contributed by atoms with van der Waals surface area (Å²) in [5, 5.41) is 3.29. The van der Waals surface area contributed by atoms with E-state index in [4.69, 9.17) is 9.47 Å². The average Bonchev–Trinajstić information content (AvgIpc) is 2.49. The predicted molar refractivity (Wildman–Crippen MR) is 96.4 cm³/mol. The summed E-state index contributed by atoms with van der Waals surface area (Å²) in [6.45, 7) is 4.37. The topological polar surface area (TPSA) is 33.7 Å². The van der Waals surface area contributed by atoms with E-state index in [1.54, 1.807) is 14.2 Å². The van der Waals surface area contributed by atoms with E-state index in [-0.39, 0.29) is 12.4 Å². The molecule has 6 heteroatoms. The molecule has 126 valence electrons. The third-order valence-electron chi connectivity index (χ3n) is 4.04. The summed E-state index contributed by atoms with van der Waals surface area (Å²) in [5.74, 6) is 2.31. The van der Waals surface area contributed by atoms with Gasteiger partial charge in [0.15, 0.2) is 11.5 Å². The van der Waals surface area contributed by atoms with Gasteiger partial charge >= 0.3 is 0 Å². The van der Waals surface area contributed by atoms with Crippen LogP contribution in [0.3, 0.4) is 0 Å². The Morgan fingerprint density at radius 2 is 1.95 bits per heavy atom. The van der Waals surface area contributed by atoms with Crippen molar-refractivity contribution in [1.29, 1.82) is 0 Å². The Balaban J connectivity index is 0.00000242. The highest BCUT2D eigenvalue weighted by atomic mass is 79.9. The molecule has 0 aliphatic carbocycles. The van der Waals surface area contributed by atoms with Crippen molar-refractivity contribution in [3.63, 3.8) is 0 Å². The van der Waals surface area contributed by atoms with Gasteiger partial charge in [0, 0.05) is 17.6 Å². The standard InChI is InChI=1S/C16H25BrN2O2.ClH/c1-18-9-12-5-4-6-19(10-12)11-13-7-15(20-2)16(21-3)8-14(13)17;/h7-8,12,18H,4-6,9-11H2,1-3H3;1H. The largest absolute Gasteiger partial charge is 0.493 e. The molecule has 0 amide bonds. The maximum Gasteiger partial charge on any atom is 0.161 e. The van der Waals surface area contributed by atoms with Crippen molar-refractivity contribution in [1.82, 2.24) is 10.2 Å². The summed E-state index contributed by atoms with van der Waals surface area (Å²) in [5.41, 5.74) is 1.25. The molecule has 1 atom stereocenters. The minimum absolute atomic E-state index is 0. The van der Waals surface area contributed by atoms with Crippen LogP contribution in [0.4, 0.5) is 0 Å². The number of halogens is 2. The van der Waals surface area contributed by atoms with Crippen molar-refractivity contribution in [2.45, 2.75) is 19.4 Å². The number of likely N-dealkylation sites (tertiary alicyclic amines) is 1.